The van der Waals surface area contributed by atoms with Gasteiger partial charge in [-0.1, -0.05) is 49.5 Å². The van der Waals surface area contributed by atoms with Crippen molar-refractivity contribution in [2.45, 2.75) is 96.8 Å². The molecule has 1 unspecified atom stereocenters. The fraction of sp³-hybridized carbons (Fsp3) is 0.607. The lowest BCUT2D eigenvalue weighted by molar-refractivity contribution is -0.137. The molecule has 0 bridgehead atoms. The Bertz CT molecular complexity index is 1030. The van der Waals surface area contributed by atoms with E-state index in [2.05, 4.69) is 24.3 Å². The molecule has 2 aliphatic carbocycles. The summed E-state index contributed by atoms with van der Waals surface area (Å²) in [5.41, 5.74) is 4.68. The molecule has 0 spiro atoms. The van der Waals surface area contributed by atoms with Gasteiger partial charge in [0.25, 0.3) is 0 Å². The van der Waals surface area contributed by atoms with Crippen molar-refractivity contribution in [3.05, 3.63) is 46.3 Å². The van der Waals surface area contributed by atoms with Crippen LogP contribution in [0.3, 0.4) is 0 Å². The van der Waals surface area contributed by atoms with E-state index in [4.69, 9.17) is 4.52 Å². The van der Waals surface area contributed by atoms with E-state index in [1.165, 1.54) is 12.8 Å². The Morgan fingerprint density at radius 3 is 2.50 bits per heavy atom. The van der Waals surface area contributed by atoms with E-state index >= 15 is 0 Å². The van der Waals surface area contributed by atoms with Crippen LogP contribution in [0, 0.1) is 25.7 Å². The standard InChI is InChI=1S/C28H38N2O4/c1-16(2)5-7-19-12-22(13-19)28-26(20-8-9-20)27(30-34-28)21(15-25(32)33)14-24(31)29-23-10-6-17(3)11-18(23)4/h6,10-11,16,19-22H,5,7-9,12-15H2,1-4H3,(H,29,31)(H,32,33). The molecule has 1 aromatic carbocycles. The van der Waals surface area contributed by atoms with Crippen molar-refractivity contribution in [1.29, 1.82) is 0 Å². The molecule has 1 heterocycles. The maximum absolute atomic E-state index is 12.9. The SMILES string of the molecule is Cc1ccc(NC(=O)CC(CC(=O)O)c2noc(C3CC(CCC(C)C)C3)c2C2CC2)c(C)c1. The summed E-state index contributed by atoms with van der Waals surface area (Å²) in [6.07, 6.45) is 6.87. The van der Waals surface area contributed by atoms with Crippen molar-refractivity contribution in [2.75, 3.05) is 5.32 Å². The molecule has 2 N–H and O–H groups in total. The van der Waals surface area contributed by atoms with Crippen molar-refractivity contribution in [3.8, 4) is 0 Å². The van der Waals surface area contributed by atoms with Gasteiger partial charge in [0.2, 0.25) is 5.91 Å². The number of carboxylic acid groups (broad SMARTS) is 1. The summed E-state index contributed by atoms with van der Waals surface area (Å²) in [5, 5.41) is 17.0. The molecule has 2 aromatic rings. The quantitative estimate of drug-likeness (QED) is 0.385. The molecule has 0 radical (unpaired) electrons. The Hall–Kier alpha value is -2.63. The summed E-state index contributed by atoms with van der Waals surface area (Å²) in [5.74, 6) is 1.59. The number of aliphatic carboxylic acids is 1. The predicted molar refractivity (Wildman–Crippen MR) is 132 cm³/mol. The predicted octanol–water partition coefficient (Wildman–Crippen LogP) is 6.69. The zero-order valence-electron chi connectivity index (χ0n) is 20.9. The summed E-state index contributed by atoms with van der Waals surface area (Å²) < 4.78 is 5.89. The van der Waals surface area contributed by atoms with E-state index in [9.17, 15) is 14.7 Å². The van der Waals surface area contributed by atoms with Crippen LogP contribution in [0.25, 0.3) is 0 Å². The highest BCUT2D eigenvalue weighted by molar-refractivity contribution is 5.92. The minimum absolute atomic E-state index is 0.0764. The first kappa shape index (κ1) is 24.5. The van der Waals surface area contributed by atoms with Gasteiger partial charge in [-0.3, -0.25) is 9.59 Å². The second-order valence-electron chi connectivity index (χ2n) is 11.0. The van der Waals surface area contributed by atoms with Crippen molar-refractivity contribution in [2.24, 2.45) is 11.8 Å². The molecule has 0 aliphatic heterocycles. The lowest BCUT2D eigenvalue weighted by Gasteiger charge is -2.34. The number of anilines is 1. The van der Waals surface area contributed by atoms with Crippen LogP contribution >= 0.6 is 0 Å². The number of rotatable bonds is 11. The first-order valence-electron chi connectivity index (χ1n) is 12.8. The third-order valence-corrected chi connectivity index (χ3v) is 7.42. The Morgan fingerprint density at radius 2 is 1.88 bits per heavy atom. The average Bonchev–Trinajstić information content (AvgIpc) is 3.47. The van der Waals surface area contributed by atoms with Gasteiger partial charge in [-0.2, -0.15) is 0 Å². The van der Waals surface area contributed by atoms with E-state index in [0.29, 0.717) is 17.5 Å². The lowest BCUT2D eigenvalue weighted by atomic mass is 9.70. The lowest BCUT2D eigenvalue weighted by Crippen LogP contribution is -2.23. The number of hydrogen-bond acceptors (Lipinski definition) is 4. The fourth-order valence-electron chi connectivity index (χ4n) is 5.30. The highest BCUT2D eigenvalue weighted by Crippen LogP contribution is 2.52. The molecule has 1 atom stereocenters. The van der Waals surface area contributed by atoms with Crippen LogP contribution in [-0.2, 0) is 9.59 Å². The van der Waals surface area contributed by atoms with Gasteiger partial charge in [-0.25, -0.2) is 0 Å². The zero-order valence-corrected chi connectivity index (χ0v) is 20.9. The van der Waals surface area contributed by atoms with Crippen LogP contribution in [0.5, 0.6) is 0 Å². The van der Waals surface area contributed by atoms with Gasteiger partial charge < -0.3 is 14.9 Å². The highest BCUT2D eigenvalue weighted by atomic mass is 16.5. The number of benzene rings is 1. The van der Waals surface area contributed by atoms with Crippen LogP contribution in [0.4, 0.5) is 5.69 Å². The van der Waals surface area contributed by atoms with Gasteiger partial charge in [0.15, 0.2) is 0 Å². The van der Waals surface area contributed by atoms with Crippen LogP contribution < -0.4 is 5.32 Å². The van der Waals surface area contributed by atoms with Gasteiger partial charge in [0.05, 0.1) is 12.1 Å². The number of nitrogens with one attached hydrogen (secondary N) is 1. The summed E-state index contributed by atoms with van der Waals surface area (Å²) in [6.45, 7) is 8.50. The van der Waals surface area contributed by atoms with Crippen molar-refractivity contribution < 1.29 is 19.2 Å². The molecule has 0 saturated heterocycles. The number of aryl methyl sites for hydroxylation is 2. The molecule has 6 nitrogen and oxygen atoms in total. The van der Waals surface area contributed by atoms with Gasteiger partial charge in [0, 0.05) is 29.5 Å². The van der Waals surface area contributed by atoms with Crippen molar-refractivity contribution in [3.63, 3.8) is 0 Å². The van der Waals surface area contributed by atoms with Crippen LogP contribution in [0.15, 0.2) is 22.7 Å². The van der Waals surface area contributed by atoms with Crippen molar-refractivity contribution in [1.82, 2.24) is 5.16 Å². The van der Waals surface area contributed by atoms with Gasteiger partial charge in [-0.05, 0) is 68.9 Å². The number of nitrogens with zero attached hydrogens (tertiary/aromatic N) is 1. The number of aromatic nitrogens is 1. The molecule has 2 aliphatic rings. The second kappa shape index (κ2) is 10.3. The van der Waals surface area contributed by atoms with Gasteiger partial charge >= 0.3 is 5.97 Å². The highest BCUT2D eigenvalue weighted by Gasteiger charge is 2.41. The normalized spacial score (nSPS) is 20.7. The number of amides is 1. The average molecular weight is 467 g/mol. The third kappa shape index (κ3) is 5.89. The van der Waals surface area contributed by atoms with Crippen LogP contribution in [-0.4, -0.2) is 22.1 Å². The molecule has 2 saturated carbocycles. The number of carboxylic acids is 1. The molecule has 4 rings (SSSR count). The minimum Gasteiger partial charge on any atom is -0.481 e. The number of carbonyl (C=O) groups is 2. The first-order valence-corrected chi connectivity index (χ1v) is 12.8. The Labute approximate surface area is 202 Å². The van der Waals surface area contributed by atoms with Crippen LogP contribution in [0.1, 0.15) is 111 Å². The minimum atomic E-state index is -0.923. The maximum Gasteiger partial charge on any atom is 0.304 e. The second-order valence-corrected chi connectivity index (χ2v) is 11.0. The van der Waals surface area contributed by atoms with Gasteiger partial charge in [-0.15, -0.1) is 0 Å². The topological polar surface area (TPSA) is 92.4 Å². The molecule has 6 heteroatoms. The summed E-state index contributed by atoms with van der Waals surface area (Å²) in [7, 11) is 0. The fourth-order valence-corrected chi connectivity index (χ4v) is 5.30. The Morgan fingerprint density at radius 1 is 1.15 bits per heavy atom. The van der Waals surface area contributed by atoms with Gasteiger partial charge in [0.1, 0.15) is 5.76 Å². The zero-order chi connectivity index (χ0) is 24.4. The number of carbonyl (C=O) groups excluding carboxylic acids is 1. The summed E-state index contributed by atoms with van der Waals surface area (Å²) in [6, 6.07) is 5.87. The van der Waals surface area contributed by atoms with E-state index in [-0.39, 0.29) is 18.7 Å². The summed E-state index contributed by atoms with van der Waals surface area (Å²) in [4.78, 5) is 24.6. The number of hydrogen-bond donors (Lipinski definition) is 2. The molecular weight excluding hydrogens is 428 g/mol. The Balaban J connectivity index is 1.49. The molecule has 1 amide bonds. The monoisotopic (exact) mass is 466 g/mol. The first-order chi connectivity index (χ1) is 16.2. The smallest absolute Gasteiger partial charge is 0.304 e. The Kier molecular flexibility index (Phi) is 7.44. The molecule has 184 valence electrons. The van der Waals surface area contributed by atoms with E-state index in [1.807, 2.05) is 32.0 Å². The van der Waals surface area contributed by atoms with Crippen molar-refractivity contribution >= 4 is 17.6 Å². The largest absolute Gasteiger partial charge is 0.481 e. The molecule has 1 aromatic heterocycles. The summed E-state index contributed by atoms with van der Waals surface area (Å²) >= 11 is 0. The molecule has 2 fully saturated rings. The van der Waals surface area contributed by atoms with E-state index in [1.54, 1.807) is 0 Å². The van der Waals surface area contributed by atoms with Crippen LogP contribution in [0.2, 0.25) is 0 Å². The third-order valence-electron chi connectivity index (χ3n) is 7.42. The van der Waals surface area contributed by atoms with E-state index < -0.39 is 11.9 Å². The molecular formula is C28H38N2O4. The molecule has 34 heavy (non-hydrogen) atoms. The van der Waals surface area contributed by atoms with E-state index in [0.717, 1.165) is 65.7 Å². The maximum atomic E-state index is 12.9.